The number of ether oxygens (including phenoxy) is 1. The van der Waals surface area contributed by atoms with Crippen molar-refractivity contribution in [2.45, 2.75) is 33.2 Å². The molecule has 0 fully saturated rings. The Bertz CT molecular complexity index is 1010. The number of alkyl halides is 2. The highest BCUT2D eigenvalue weighted by atomic mass is 19.3. The van der Waals surface area contributed by atoms with Gasteiger partial charge in [0.1, 0.15) is 18.1 Å². The van der Waals surface area contributed by atoms with Crippen molar-refractivity contribution in [3.63, 3.8) is 0 Å². The summed E-state index contributed by atoms with van der Waals surface area (Å²) in [6, 6.07) is 5.48. The lowest BCUT2D eigenvalue weighted by molar-refractivity contribution is 0.0812. The number of fused-ring (bicyclic) bond motifs is 1. The van der Waals surface area contributed by atoms with Crippen LogP contribution in [-0.4, -0.2) is 52.0 Å². The molecule has 3 aromatic rings. The summed E-state index contributed by atoms with van der Waals surface area (Å²) < 4.78 is 31.8. The molecule has 9 heteroatoms. The Morgan fingerprint density at radius 3 is 2.70 bits per heavy atom. The number of aromatic nitrogens is 3. The number of pyridine rings is 1. The lowest BCUT2D eigenvalue weighted by Gasteiger charge is -2.14. The number of halogens is 2. The molecule has 160 valence electrons. The van der Waals surface area contributed by atoms with Crippen LogP contribution in [0.5, 0.6) is 5.75 Å². The Balaban J connectivity index is 1.81. The molecule has 0 aliphatic heterocycles. The van der Waals surface area contributed by atoms with Gasteiger partial charge in [-0.1, -0.05) is 12.1 Å². The normalized spacial score (nSPS) is 11.3. The number of hydrogen-bond acceptors (Lipinski definition) is 5. The molecule has 2 N–H and O–H groups in total. The van der Waals surface area contributed by atoms with E-state index in [0.29, 0.717) is 36.2 Å². The quantitative estimate of drug-likeness (QED) is 0.522. The van der Waals surface area contributed by atoms with E-state index in [1.807, 2.05) is 26.0 Å². The van der Waals surface area contributed by atoms with Crippen molar-refractivity contribution in [1.29, 1.82) is 0 Å². The van der Waals surface area contributed by atoms with Crippen molar-refractivity contribution in [1.82, 2.24) is 20.1 Å². The molecule has 0 spiro atoms. The number of carbonyl (C=O) groups is 1. The first kappa shape index (κ1) is 21.6. The molecule has 7 nitrogen and oxygen atoms in total. The molecule has 30 heavy (non-hydrogen) atoms. The molecule has 0 radical (unpaired) electrons. The summed E-state index contributed by atoms with van der Waals surface area (Å²) in [6.07, 6.45) is 1.24. The molecule has 0 saturated heterocycles. The molecular formula is C21H24F2N4O3. The standard InChI is InChI=1S/C21H24F2N4O3/c1-13-8-15(9-14(2)20(13)30-12-18(22)23)10-27-11-16-17(26-27)4-6-24-19(16)21(29)25-5-3-7-28/h4,6,8-9,11,18,28H,3,5,7,10,12H2,1-2H3,(H,25,29). The van der Waals surface area contributed by atoms with E-state index in [0.717, 1.165) is 16.7 Å². The fourth-order valence-corrected chi connectivity index (χ4v) is 3.31. The van der Waals surface area contributed by atoms with Crippen LogP contribution in [0, 0.1) is 13.8 Å². The van der Waals surface area contributed by atoms with E-state index >= 15 is 0 Å². The van der Waals surface area contributed by atoms with Gasteiger partial charge in [-0.15, -0.1) is 0 Å². The SMILES string of the molecule is Cc1cc(Cn2cc3c(C(=O)NCCCO)nccc3n2)cc(C)c1OCC(F)F. The van der Waals surface area contributed by atoms with E-state index in [1.54, 1.807) is 16.9 Å². The number of nitrogens with zero attached hydrogens (tertiary/aromatic N) is 3. The smallest absolute Gasteiger partial charge is 0.272 e. The van der Waals surface area contributed by atoms with E-state index < -0.39 is 13.0 Å². The fourth-order valence-electron chi connectivity index (χ4n) is 3.31. The predicted molar refractivity (Wildman–Crippen MR) is 108 cm³/mol. The van der Waals surface area contributed by atoms with Crippen molar-refractivity contribution < 1.29 is 23.4 Å². The van der Waals surface area contributed by atoms with Gasteiger partial charge in [0.15, 0.2) is 0 Å². The molecule has 0 unspecified atom stereocenters. The average Bonchev–Trinajstić information content (AvgIpc) is 3.09. The van der Waals surface area contributed by atoms with Gasteiger partial charge in [-0.2, -0.15) is 5.10 Å². The van der Waals surface area contributed by atoms with Gasteiger partial charge in [0.05, 0.1) is 17.4 Å². The number of aliphatic hydroxyl groups is 1. The average molecular weight is 418 g/mol. The minimum absolute atomic E-state index is 0.000637. The Labute approximate surface area is 172 Å². The zero-order chi connectivity index (χ0) is 21.7. The van der Waals surface area contributed by atoms with Crippen molar-refractivity contribution >= 4 is 16.8 Å². The molecule has 3 rings (SSSR count). The Kier molecular flexibility index (Phi) is 6.94. The number of hydrogen-bond donors (Lipinski definition) is 2. The molecule has 0 atom stereocenters. The molecular weight excluding hydrogens is 394 g/mol. The van der Waals surface area contributed by atoms with Gasteiger partial charge in [-0.3, -0.25) is 14.5 Å². The van der Waals surface area contributed by atoms with Crippen LogP contribution in [0.25, 0.3) is 10.9 Å². The number of aryl methyl sites for hydroxylation is 2. The molecule has 1 amide bonds. The summed E-state index contributed by atoms with van der Waals surface area (Å²) in [5, 5.41) is 16.7. The zero-order valence-corrected chi connectivity index (χ0v) is 16.9. The van der Waals surface area contributed by atoms with Crippen LogP contribution in [-0.2, 0) is 6.54 Å². The number of amides is 1. The predicted octanol–water partition coefficient (Wildman–Crippen LogP) is 2.85. The van der Waals surface area contributed by atoms with Crippen molar-refractivity contribution in [2.24, 2.45) is 0 Å². The van der Waals surface area contributed by atoms with Crippen LogP contribution in [0.2, 0.25) is 0 Å². The topological polar surface area (TPSA) is 89.3 Å². The van der Waals surface area contributed by atoms with E-state index in [1.165, 1.54) is 6.20 Å². The third-order valence-electron chi connectivity index (χ3n) is 4.54. The van der Waals surface area contributed by atoms with E-state index in [2.05, 4.69) is 15.4 Å². The lowest BCUT2D eigenvalue weighted by atomic mass is 10.1. The summed E-state index contributed by atoms with van der Waals surface area (Å²) in [5.74, 6) is 0.150. The number of nitrogens with one attached hydrogen (secondary N) is 1. The van der Waals surface area contributed by atoms with Crippen molar-refractivity contribution in [2.75, 3.05) is 19.8 Å². The molecule has 0 saturated carbocycles. The first-order valence-corrected chi connectivity index (χ1v) is 9.61. The summed E-state index contributed by atoms with van der Waals surface area (Å²) in [5.41, 5.74) is 3.40. The second kappa shape index (κ2) is 9.62. The van der Waals surface area contributed by atoms with Gasteiger partial charge in [-0.05, 0) is 43.0 Å². The summed E-state index contributed by atoms with van der Waals surface area (Å²) in [4.78, 5) is 16.6. The molecule has 1 aromatic carbocycles. The van der Waals surface area contributed by atoms with Gasteiger partial charge in [0.2, 0.25) is 0 Å². The molecule has 0 aliphatic rings. The van der Waals surface area contributed by atoms with Gasteiger partial charge in [0.25, 0.3) is 12.3 Å². The van der Waals surface area contributed by atoms with Gasteiger partial charge < -0.3 is 15.2 Å². The highest BCUT2D eigenvalue weighted by Crippen LogP contribution is 2.26. The zero-order valence-electron chi connectivity index (χ0n) is 16.9. The van der Waals surface area contributed by atoms with E-state index in [9.17, 15) is 13.6 Å². The van der Waals surface area contributed by atoms with Crippen LogP contribution in [0.15, 0.2) is 30.6 Å². The number of rotatable bonds is 9. The monoisotopic (exact) mass is 418 g/mol. The second-order valence-electron chi connectivity index (χ2n) is 7.01. The number of benzene rings is 1. The molecule has 0 bridgehead atoms. The molecule has 2 heterocycles. The Morgan fingerprint density at radius 1 is 1.30 bits per heavy atom. The van der Waals surface area contributed by atoms with Gasteiger partial charge in [-0.25, -0.2) is 8.78 Å². The first-order chi connectivity index (χ1) is 14.4. The number of aliphatic hydroxyl groups excluding tert-OH is 1. The highest BCUT2D eigenvalue weighted by molar-refractivity contribution is 6.04. The van der Waals surface area contributed by atoms with Crippen LogP contribution in [0.3, 0.4) is 0 Å². The van der Waals surface area contributed by atoms with E-state index in [-0.39, 0.29) is 18.2 Å². The largest absolute Gasteiger partial charge is 0.487 e. The van der Waals surface area contributed by atoms with Crippen LogP contribution < -0.4 is 10.1 Å². The maximum Gasteiger partial charge on any atom is 0.272 e. The second-order valence-corrected chi connectivity index (χ2v) is 7.01. The minimum Gasteiger partial charge on any atom is -0.487 e. The molecule has 0 aliphatic carbocycles. The Hall–Kier alpha value is -3.07. The Morgan fingerprint density at radius 2 is 2.03 bits per heavy atom. The van der Waals surface area contributed by atoms with Gasteiger partial charge in [0, 0.05) is 25.5 Å². The summed E-state index contributed by atoms with van der Waals surface area (Å²) in [7, 11) is 0. The number of carbonyl (C=O) groups excluding carboxylic acids is 1. The lowest BCUT2D eigenvalue weighted by Crippen LogP contribution is -2.26. The third-order valence-corrected chi connectivity index (χ3v) is 4.54. The van der Waals surface area contributed by atoms with E-state index in [4.69, 9.17) is 9.84 Å². The van der Waals surface area contributed by atoms with Crippen molar-refractivity contribution in [3.05, 3.63) is 53.0 Å². The molecule has 2 aromatic heterocycles. The maximum absolute atomic E-state index is 12.4. The first-order valence-electron chi connectivity index (χ1n) is 9.61. The minimum atomic E-state index is -2.52. The van der Waals surface area contributed by atoms with Crippen molar-refractivity contribution in [3.8, 4) is 5.75 Å². The van der Waals surface area contributed by atoms with Crippen LogP contribution in [0.4, 0.5) is 8.78 Å². The third kappa shape index (κ3) is 5.10. The van der Waals surface area contributed by atoms with Gasteiger partial charge >= 0.3 is 0 Å². The fraction of sp³-hybridized carbons (Fsp3) is 0.381. The summed E-state index contributed by atoms with van der Waals surface area (Å²) in [6.45, 7) is 3.80. The van der Waals surface area contributed by atoms with Crippen LogP contribution >= 0.6 is 0 Å². The highest BCUT2D eigenvalue weighted by Gasteiger charge is 2.15. The van der Waals surface area contributed by atoms with Crippen LogP contribution in [0.1, 0.15) is 33.6 Å². The summed E-state index contributed by atoms with van der Waals surface area (Å²) >= 11 is 0. The maximum atomic E-state index is 12.4.